The number of esters is 1. The molecule has 1 fully saturated rings. The first-order valence-corrected chi connectivity index (χ1v) is 5.53. The van der Waals surface area contributed by atoms with E-state index in [1.54, 1.807) is 0 Å². The minimum atomic E-state index is -0.387. The molecular weight excluding hydrogens is 192 g/mol. The zero-order chi connectivity index (χ0) is 11.3. The minimum Gasteiger partial charge on any atom is -0.459 e. The molecule has 15 heavy (non-hydrogen) atoms. The van der Waals surface area contributed by atoms with Gasteiger partial charge in [0.1, 0.15) is 5.60 Å². The number of hydrogen-bond acceptors (Lipinski definition) is 3. The van der Waals surface area contributed by atoms with Gasteiger partial charge in [-0.1, -0.05) is 0 Å². The van der Waals surface area contributed by atoms with Gasteiger partial charge >= 0.3 is 5.97 Å². The van der Waals surface area contributed by atoms with Crippen LogP contribution in [0.25, 0.3) is 0 Å². The molecule has 0 aromatic carbocycles. The quantitative estimate of drug-likeness (QED) is 0.694. The summed E-state index contributed by atoms with van der Waals surface area (Å²) in [5.41, 5.74) is -0.387. The zero-order valence-electron chi connectivity index (χ0n) is 9.88. The van der Waals surface area contributed by atoms with E-state index in [4.69, 9.17) is 4.74 Å². The standard InChI is InChI=1S/C11H21N2O2/c1-11(2,3)15-10(14)8-13-7-9-4-5-12-6-9/h9,13H,4-8H2,1-3H3. The SMILES string of the molecule is CC(C)(C)OC(=O)CNCC1CC[N]C1. The summed E-state index contributed by atoms with van der Waals surface area (Å²) in [5, 5.41) is 7.38. The molecule has 87 valence electrons. The Balaban J connectivity index is 2.06. The van der Waals surface area contributed by atoms with Crippen molar-refractivity contribution in [1.82, 2.24) is 10.6 Å². The van der Waals surface area contributed by atoms with Gasteiger partial charge in [0.25, 0.3) is 0 Å². The molecule has 1 aliphatic rings. The second kappa shape index (κ2) is 5.47. The Morgan fingerprint density at radius 2 is 2.27 bits per heavy atom. The molecule has 1 rings (SSSR count). The Morgan fingerprint density at radius 3 is 2.80 bits per heavy atom. The number of rotatable bonds is 4. The van der Waals surface area contributed by atoms with Gasteiger partial charge < -0.3 is 10.1 Å². The molecule has 1 radical (unpaired) electrons. The van der Waals surface area contributed by atoms with Crippen LogP contribution in [-0.2, 0) is 9.53 Å². The van der Waals surface area contributed by atoms with Crippen molar-refractivity contribution in [3.8, 4) is 0 Å². The number of hydrogen-bond donors (Lipinski definition) is 1. The average Bonchev–Trinajstić information content (AvgIpc) is 2.53. The average molecular weight is 213 g/mol. The maximum atomic E-state index is 11.3. The van der Waals surface area contributed by atoms with Gasteiger partial charge in [0.15, 0.2) is 0 Å². The van der Waals surface area contributed by atoms with E-state index in [1.165, 1.54) is 0 Å². The lowest BCUT2D eigenvalue weighted by molar-refractivity contribution is -0.153. The molecule has 0 saturated carbocycles. The van der Waals surface area contributed by atoms with Gasteiger partial charge in [0, 0.05) is 13.1 Å². The van der Waals surface area contributed by atoms with Crippen LogP contribution in [0.15, 0.2) is 0 Å². The second-order valence-corrected chi connectivity index (χ2v) is 5.00. The minimum absolute atomic E-state index is 0.183. The Hall–Kier alpha value is -0.610. The Bertz CT molecular complexity index is 205. The van der Waals surface area contributed by atoms with Crippen LogP contribution < -0.4 is 10.6 Å². The van der Waals surface area contributed by atoms with Crippen LogP contribution in [-0.4, -0.2) is 37.7 Å². The third-order valence-electron chi connectivity index (χ3n) is 2.21. The fourth-order valence-electron chi connectivity index (χ4n) is 1.56. The molecule has 0 amide bonds. The second-order valence-electron chi connectivity index (χ2n) is 5.00. The molecule has 4 nitrogen and oxygen atoms in total. The third kappa shape index (κ3) is 5.74. The summed E-state index contributed by atoms with van der Waals surface area (Å²) in [6.45, 7) is 8.69. The van der Waals surface area contributed by atoms with Crippen molar-refractivity contribution < 1.29 is 9.53 Å². The highest BCUT2D eigenvalue weighted by atomic mass is 16.6. The van der Waals surface area contributed by atoms with Crippen LogP contribution in [0.2, 0.25) is 0 Å². The first-order chi connectivity index (χ1) is 6.97. The van der Waals surface area contributed by atoms with Gasteiger partial charge in [0.05, 0.1) is 6.54 Å². The van der Waals surface area contributed by atoms with Gasteiger partial charge in [-0.05, 0) is 39.7 Å². The summed E-state index contributed by atoms with van der Waals surface area (Å²) in [4.78, 5) is 11.3. The van der Waals surface area contributed by atoms with Crippen LogP contribution in [0.1, 0.15) is 27.2 Å². The highest BCUT2D eigenvalue weighted by molar-refractivity contribution is 5.72. The van der Waals surface area contributed by atoms with Gasteiger partial charge in [0.2, 0.25) is 0 Å². The third-order valence-corrected chi connectivity index (χ3v) is 2.21. The largest absolute Gasteiger partial charge is 0.459 e. The number of ether oxygens (including phenoxy) is 1. The summed E-state index contributed by atoms with van der Waals surface area (Å²) < 4.78 is 5.18. The highest BCUT2D eigenvalue weighted by Gasteiger charge is 2.18. The van der Waals surface area contributed by atoms with Gasteiger partial charge in [-0.25, -0.2) is 5.32 Å². The van der Waals surface area contributed by atoms with Crippen molar-refractivity contribution in [2.24, 2.45) is 5.92 Å². The first kappa shape index (κ1) is 12.5. The molecule has 1 saturated heterocycles. The number of nitrogens with one attached hydrogen (secondary N) is 1. The smallest absolute Gasteiger partial charge is 0.320 e. The molecule has 0 spiro atoms. The van der Waals surface area contributed by atoms with E-state index in [0.717, 1.165) is 26.1 Å². The maximum absolute atomic E-state index is 11.3. The van der Waals surface area contributed by atoms with Crippen LogP contribution in [0.4, 0.5) is 0 Å². The Kier molecular flexibility index (Phi) is 4.54. The zero-order valence-corrected chi connectivity index (χ0v) is 9.88. The van der Waals surface area contributed by atoms with Crippen molar-refractivity contribution in [1.29, 1.82) is 0 Å². The summed E-state index contributed by atoms with van der Waals surface area (Å²) in [6.07, 6.45) is 1.14. The molecule has 0 aromatic heterocycles. The summed E-state index contributed by atoms with van der Waals surface area (Å²) in [6, 6.07) is 0. The molecule has 0 aromatic rings. The van der Waals surface area contributed by atoms with E-state index in [-0.39, 0.29) is 11.6 Å². The predicted octanol–water partition coefficient (Wildman–Crippen LogP) is 0.542. The van der Waals surface area contributed by atoms with E-state index in [2.05, 4.69) is 10.6 Å². The number of nitrogens with zero attached hydrogens (tertiary/aromatic N) is 1. The van der Waals surface area contributed by atoms with E-state index in [1.807, 2.05) is 20.8 Å². The molecule has 1 aliphatic heterocycles. The lowest BCUT2D eigenvalue weighted by Crippen LogP contribution is -2.34. The monoisotopic (exact) mass is 213 g/mol. The van der Waals surface area contributed by atoms with Crippen molar-refractivity contribution >= 4 is 5.97 Å². The first-order valence-electron chi connectivity index (χ1n) is 5.53. The van der Waals surface area contributed by atoms with Gasteiger partial charge in [-0.15, -0.1) is 0 Å². The molecule has 1 atom stereocenters. The molecule has 1 unspecified atom stereocenters. The van der Waals surface area contributed by atoms with E-state index >= 15 is 0 Å². The van der Waals surface area contributed by atoms with Crippen molar-refractivity contribution in [2.45, 2.75) is 32.8 Å². The fraction of sp³-hybridized carbons (Fsp3) is 0.909. The van der Waals surface area contributed by atoms with Crippen LogP contribution >= 0.6 is 0 Å². The molecule has 0 aliphatic carbocycles. The molecule has 0 bridgehead atoms. The molecular formula is C11H21N2O2. The van der Waals surface area contributed by atoms with Crippen molar-refractivity contribution in [2.75, 3.05) is 26.2 Å². The maximum Gasteiger partial charge on any atom is 0.320 e. The normalized spacial score (nSPS) is 21.7. The predicted molar refractivity (Wildman–Crippen MR) is 58.7 cm³/mol. The molecule has 4 heteroatoms. The van der Waals surface area contributed by atoms with E-state index in [0.29, 0.717) is 12.5 Å². The number of carbonyl (C=O) groups is 1. The van der Waals surface area contributed by atoms with Gasteiger partial charge in [-0.2, -0.15) is 0 Å². The lowest BCUT2D eigenvalue weighted by atomic mass is 10.1. The molecule has 1 N–H and O–H groups in total. The van der Waals surface area contributed by atoms with Crippen molar-refractivity contribution in [3.05, 3.63) is 0 Å². The Morgan fingerprint density at radius 1 is 1.53 bits per heavy atom. The Labute approximate surface area is 91.8 Å². The molecule has 1 heterocycles. The van der Waals surface area contributed by atoms with Crippen LogP contribution in [0.5, 0.6) is 0 Å². The summed E-state index contributed by atoms with van der Waals surface area (Å²) in [7, 11) is 0. The van der Waals surface area contributed by atoms with Crippen molar-refractivity contribution in [3.63, 3.8) is 0 Å². The van der Waals surface area contributed by atoms with Gasteiger partial charge in [-0.3, -0.25) is 4.79 Å². The van der Waals surface area contributed by atoms with E-state index < -0.39 is 0 Å². The fourth-order valence-corrected chi connectivity index (χ4v) is 1.56. The number of carbonyl (C=O) groups excluding carboxylic acids is 1. The lowest BCUT2D eigenvalue weighted by Gasteiger charge is -2.19. The van der Waals surface area contributed by atoms with Crippen LogP contribution in [0.3, 0.4) is 0 Å². The highest BCUT2D eigenvalue weighted by Crippen LogP contribution is 2.08. The summed E-state index contributed by atoms with van der Waals surface area (Å²) in [5.74, 6) is 0.421. The van der Waals surface area contributed by atoms with Crippen LogP contribution in [0, 0.1) is 5.92 Å². The van der Waals surface area contributed by atoms with E-state index in [9.17, 15) is 4.79 Å². The summed E-state index contributed by atoms with van der Waals surface area (Å²) >= 11 is 0. The topological polar surface area (TPSA) is 52.4 Å².